The summed E-state index contributed by atoms with van der Waals surface area (Å²) < 4.78 is 2.16. The van der Waals surface area contributed by atoms with Gasteiger partial charge < -0.3 is 9.47 Å². The van der Waals surface area contributed by atoms with Crippen molar-refractivity contribution in [2.24, 2.45) is 5.92 Å². The Balaban J connectivity index is 1.73. The highest BCUT2D eigenvalue weighted by atomic mass is 32.2. The predicted molar refractivity (Wildman–Crippen MR) is 91.9 cm³/mol. The van der Waals surface area contributed by atoms with E-state index in [1.54, 1.807) is 0 Å². The number of amides is 1. The number of hydrogen-bond acceptors (Lipinski definition) is 2. The van der Waals surface area contributed by atoms with E-state index in [1.807, 2.05) is 35.0 Å². The average Bonchev–Trinajstić information content (AvgIpc) is 3.17. The van der Waals surface area contributed by atoms with E-state index in [9.17, 15) is 4.79 Å². The van der Waals surface area contributed by atoms with Gasteiger partial charge in [-0.15, -0.1) is 11.8 Å². The molecule has 0 spiro atoms. The number of hydrogen-bond donors (Lipinski definition) is 0. The second-order valence-electron chi connectivity index (χ2n) is 6.00. The molecule has 1 aromatic heterocycles. The van der Waals surface area contributed by atoms with Crippen molar-refractivity contribution in [3.8, 4) is 0 Å². The highest BCUT2D eigenvalue weighted by Crippen LogP contribution is 2.41. The Bertz CT molecular complexity index is 762. The monoisotopic (exact) mass is 312 g/mol. The lowest BCUT2D eigenvalue weighted by Crippen LogP contribution is -2.31. The molecule has 1 atom stereocenters. The summed E-state index contributed by atoms with van der Waals surface area (Å²) in [7, 11) is 0. The highest BCUT2D eigenvalue weighted by Gasteiger charge is 2.29. The fourth-order valence-corrected chi connectivity index (χ4v) is 4.83. The van der Waals surface area contributed by atoms with Gasteiger partial charge in [0.05, 0.1) is 5.56 Å². The van der Waals surface area contributed by atoms with Crippen LogP contribution in [0.25, 0.3) is 10.9 Å². The minimum atomic E-state index is 0.141. The molecular formula is C18H20N2OS. The normalized spacial score (nSPS) is 21.0. The van der Waals surface area contributed by atoms with Gasteiger partial charge in [0, 0.05) is 41.3 Å². The van der Waals surface area contributed by atoms with E-state index < -0.39 is 0 Å². The molecule has 22 heavy (non-hydrogen) atoms. The van der Waals surface area contributed by atoms with Gasteiger partial charge in [0.2, 0.25) is 0 Å². The summed E-state index contributed by atoms with van der Waals surface area (Å²) in [4.78, 5) is 16.3. The van der Waals surface area contributed by atoms with Gasteiger partial charge in [-0.1, -0.05) is 18.2 Å². The smallest absolute Gasteiger partial charge is 0.260 e. The Labute approximate surface area is 135 Å². The van der Waals surface area contributed by atoms with Crippen LogP contribution < -0.4 is 0 Å². The summed E-state index contributed by atoms with van der Waals surface area (Å²) in [5.41, 5.74) is 1.97. The number of benzene rings is 1. The standard InChI is InChI=1S/C18H20N2OS/c1-2-19-11-15(14-5-3-4-6-16(14)19)18(21)20-9-7-13-8-10-22-17(13)12-20/h3-6,11-13H,2,7-10H2,1H3. The number of allylic oxidation sites excluding steroid dienone is 1. The molecule has 114 valence electrons. The van der Waals surface area contributed by atoms with Crippen LogP contribution in [0, 0.1) is 5.92 Å². The fourth-order valence-electron chi connectivity index (χ4n) is 3.52. The zero-order chi connectivity index (χ0) is 15.1. The summed E-state index contributed by atoms with van der Waals surface area (Å²) in [5, 5.41) is 1.06. The van der Waals surface area contributed by atoms with E-state index in [4.69, 9.17) is 0 Å². The van der Waals surface area contributed by atoms with Crippen molar-refractivity contribution in [3.05, 3.63) is 47.1 Å². The molecule has 0 radical (unpaired) electrons. The quantitative estimate of drug-likeness (QED) is 0.834. The molecule has 2 aliphatic heterocycles. The van der Waals surface area contributed by atoms with Crippen LogP contribution in [0.3, 0.4) is 0 Å². The molecular weight excluding hydrogens is 292 g/mol. The second kappa shape index (κ2) is 5.51. The van der Waals surface area contributed by atoms with Gasteiger partial charge in [0.25, 0.3) is 5.91 Å². The predicted octanol–water partition coefficient (Wildman–Crippen LogP) is 4.10. The first-order valence-corrected chi connectivity index (χ1v) is 9.00. The molecule has 2 aliphatic rings. The molecule has 1 aromatic carbocycles. The van der Waals surface area contributed by atoms with Crippen LogP contribution in [0.1, 0.15) is 30.1 Å². The number of aryl methyl sites for hydroxylation is 1. The lowest BCUT2D eigenvalue weighted by molar-refractivity contribution is 0.0809. The van der Waals surface area contributed by atoms with Crippen molar-refractivity contribution in [2.75, 3.05) is 12.3 Å². The Morgan fingerprint density at radius 2 is 2.18 bits per heavy atom. The van der Waals surface area contributed by atoms with Crippen molar-refractivity contribution < 1.29 is 4.79 Å². The Hall–Kier alpha value is -1.68. The molecule has 1 saturated heterocycles. The van der Waals surface area contributed by atoms with E-state index in [2.05, 4.69) is 29.8 Å². The topological polar surface area (TPSA) is 25.2 Å². The lowest BCUT2D eigenvalue weighted by atomic mass is 9.99. The van der Waals surface area contributed by atoms with Crippen LogP contribution in [-0.2, 0) is 6.54 Å². The van der Waals surface area contributed by atoms with Gasteiger partial charge in [0.15, 0.2) is 0 Å². The summed E-state index contributed by atoms with van der Waals surface area (Å²) in [6.07, 6.45) is 6.50. The van der Waals surface area contributed by atoms with E-state index >= 15 is 0 Å². The van der Waals surface area contributed by atoms with E-state index in [1.165, 1.54) is 17.1 Å². The minimum absolute atomic E-state index is 0.141. The summed E-state index contributed by atoms with van der Waals surface area (Å²) in [6.45, 7) is 3.84. The number of nitrogens with zero attached hydrogens (tertiary/aromatic N) is 2. The maximum Gasteiger partial charge on any atom is 0.260 e. The molecule has 3 nitrogen and oxygen atoms in total. The SMILES string of the molecule is CCn1cc(C(=O)N2C=C3SCCC3CC2)c2ccccc21. The zero-order valence-electron chi connectivity index (χ0n) is 12.8. The molecule has 0 saturated carbocycles. The van der Waals surface area contributed by atoms with Gasteiger partial charge in [-0.05, 0) is 37.5 Å². The first-order valence-electron chi connectivity index (χ1n) is 8.01. The van der Waals surface area contributed by atoms with Crippen LogP contribution in [0.4, 0.5) is 0 Å². The molecule has 1 fully saturated rings. The van der Waals surface area contributed by atoms with Crippen LogP contribution in [-0.4, -0.2) is 27.7 Å². The van der Waals surface area contributed by atoms with Crippen LogP contribution >= 0.6 is 11.8 Å². The highest BCUT2D eigenvalue weighted by molar-refractivity contribution is 8.03. The van der Waals surface area contributed by atoms with Gasteiger partial charge in [-0.25, -0.2) is 0 Å². The third-order valence-corrected chi connectivity index (χ3v) is 5.97. The molecule has 0 bridgehead atoms. The number of aromatic nitrogens is 1. The number of carbonyl (C=O) groups is 1. The third-order valence-electron chi connectivity index (χ3n) is 4.76. The third kappa shape index (κ3) is 2.17. The van der Waals surface area contributed by atoms with Crippen molar-refractivity contribution in [2.45, 2.75) is 26.3 Å². The molecule has 3 heterocycles. The van der Waals surface area contributed by atoms with Gasteiger partial charge in [-0.2, -0.15) is 0 Å². The minimum Gasteiger partial charge on any atom is -0.347 e. The molecule has 2 aromatic rings. The van der Waals surface area contributed by atoms with Crippen LogP contribution in [0.5, 0.6) is 0 Å². The van der Waals surface area contributed by atoms with Crippen molar-refractivity contribution >= 4 is 28.6 Å². The van der Waals surface area contributed by atoms with Gasteiger partial charge in [0.1, 0.15) is 0 Å². The molecule has 0 N–H and O–H groups in total. The molecule has 4 heteroatoms. The lowest BCUT2D eigenvalue weighted by Gasteiger charge is -2.27. The van der Waals surface area contributed by atoms with Crippen molar-refractivity contribution in [3.63, 3.8) is 0 Å². The van der Waals surface area contributed by atoms with E-state index in [0.29, 0.717) is 5.92 Å². The summed E-state index contributed by atoms with van der Waals surface area (Å²) in [6, 6.07) is 8.19. The maximum atomic E-state index is 13.0. The zero-order valence-corrected chi connectivity index (χ0v) is 13.6. The Kier molecular flexibility index (Phi) is 3.49. The summed E-state index contributed by atoms with van der Waals surface area (Å²) in [5.74, 6) is 2.04. The number of fused-ring (bicyclic) bond motifs is 2. The Morgan fingerprint density at radius 3 is 3.05 bits per heavy atom. The fraction of sp³-hybridized carbons (Fsp3) is 0.389. The molecule has 1 unspecified atom stereocenters. The van der Waals surface area contributed by atoms with Crippen LogP contribution in [0.15, 0.2) is 41.6 Å². The first kappa shape index (κ1) is 13.9. The van der Waals surface area contributed by atoms with E-state index in [-0.39, 0.29) is 5.91 Å². The number of thioether (sulfide) groups is 1. The van der Waals surface area contributed by atoms with E-state index in [0.717, 1.165) is 36.0 Å². The second-order valence-corrected chi connectivity index (χ2v) is 7.17. The average molecular weight is 312 g/mol. The maximum absolute atomic E-state index is 13.0. The van der Waals surface area contributed by atoms with Crippen molar-refractivity contribution in [1.82, 2.24) is 9.47 Å². The molecule has 4 rings (SSSR count). The Morgan fingerprint density at radius 1 is 1.32 bits per heavy atom. The molecule has 1 amide bonds. The van der Waals surface area contributed by atoms with Crippen molar-refractivity contribution in [1.29, 1.82) is 0 Å². The van der Waals surface area contributed by atoms with Gasteiger partial charge >= 0.3 is 0 Å². The van der Waals surface area contributed by atoms with Crippen LogP contribution in [0.2, 0.25) is 0 Å². The van der Waals surface area contributed by atoms with Gasteiger partial charge in [-0.3, -0.25) is 4.79 Å². The number of carbonyl (C=O) groups excluding carboxylic acids is 1. The summed E-state index contributed by atoms with van der Waals surface area (Å²) >= 11 is 1.92. The molecule has 0 aliphatic carbocycles. The number of rotatable bonds is 2. The largest absolute Gasteiger partial charge is 0.347 e. The number of para-hydroxylation sites is 1. The first-order chi connectivity index (χ1) is 10.8.